The first-order valence-corrected chi connectivity index (χ1v) is 5.19. The number of anilines is 1. The molecule has 0 radical (unpaired) electrons. The quantitative estimate of drug-likeness (QED) is 0.864. The van der Waals surface area contributed by atoms with E-state index in [-0.39, 0.29) is 23.7 Å². The predicted molar refractivity (Wildman–Crippen MR) is 57.5 cm³/mol. The number of nitrogens with two attached hydrogens (primary N) is 1. The smallest absolute Gasteiger partial charge is 0.453 e. The van der Waals surface area contributed by atoms with Crippen molar-refractivity contribution < 1.29 is 27.2 Å². The molecular formula is C11H7F3N2O3. The summed E-state index contributed by atoms with van der Waals surface area (Å²) in [5.74, 6) is -0.742. The Kier molecular flexibility index (Phi) is 2.34. The second kappa shape index (κ2) is 3.81. The van der Waals surface area contributed by atoms with Crippen molar-refractivity contribution in [3.8, 4) is 22.6 Å². The number of hydrogen-bond acceptors (Lipinski definition) is 5. The molecule has 0 bridgehead atoms. The minimum absolute atomic E-state index is 0.0318. The molecular weight excluding hydrogens is 265 g/mol. The van der Waals surface area contributed by atoms with Gasteiger partial charge in [0.1, 0.15) is 0 Å². The van der Waals surface area contributed by atoms with Crippen LogP contribution >= 0.6 is 0 Å². The van der Waals surface area contributed by atoms with Crippen LogP contribution in [-0.2, 0) is 6.18 Å². The van der Waals surface area contributed by atoms with Crippen LogP contribution in [-0.4, -0.2) is 11.9 Å². The van der Waals surface area contributed by atoms with Crippen molar-refractivity contribution in [1.29, 1.82) is 0 Å². The molecule has 0 saturated carbocycles. The summed E-state index contributed by atoms with van der Waals surface area (Å²) in [5.41, 5.74) is 5.34. The number of alkyl halides is 3. The van der Waals surface area contributed by atoms with Gasteiger partial charge in [-0.3, -0.25) is 0 Å². The normalized spacial score (nSPS) is 13.8. The lowest BCUT2D eigenvalue weighted by molar-refractivity contribution is -0.154. The molecule has 100 valence electrons. The summed E-state index contributed by atoms with van der Waals surface area (Å²) in [6.45, 7) is 0.0318. The third-order valence-corrected chi connectivity index (χ3v) is 2.64. The molecule has 0 amide bonds. The molecule has 0 fully saturated rings. The third kappa shape index (κ3) is 1.85. The number of nitrogens with zero attached hydrogens (tertiary/aromatic N) is 1. The number of nitrogen functional groups attached to an aromatic ring is 1. The number of halogens is 3. The van der Waals surface area contributed by atoms with E-state index >= 15 is 0 Å². The first-order valence-electron chi connectivity index (χ1n) is 5.19. The number of hydrogen-bond donors (Lipinski definition) is 1. The molecule has 1 aromatic carbocycles. The van der Waals surface area contributed by atoms with E-state index in [1.54, 1.807) is 0 Å². The maximum atomic E-state index is 12.8. The second-order valence-corrected chi connectivity index (χ2v) is 3.84. The van der Waals surface area contributed by atoms with Crippen LogP contribution in [0.3, 0.4) is 0 Å². The van der Waals surface area contributed by atoms with Crippen molar-refractivity contribution >= 4 is 5.82 Å². The number of ether oxygens (including phenoxy) is 2. The molecule has 0 atom stereocenters. The number of aromatic nitrogens is 1. The number of benzene rings is 1. The van der Waals surface area contributed by atoms with Crippen molar-refractivity contribution in [2.45, 2.75) is 6.18 Å². The summed E-state index contributed by atoms with van der Waals surface area (Å²) in [6, 6.07) is 4.34. The van der Waals surface area contributed by atoms with Gasteiger partial charge in [0.2, 0.25) is 12.6 Å². The van der Waals surface area contributed by atoms with Gasteiger partial charge in [-0.15, -0.1) is 0 Å². The van der Waals surface area contributed by atoms with Crippen LogP contribution in [0.1, 0.15) is 5.76 Å². The van der Waals surface area contributed by atoms with E-state index in [0.29, 0.717) is 11.5 Å². The summed E-state index contributed by atoms with van der Waals surface area (Å²) >= 11 is 0. The molecule has 5 nitrogen and oxygen atoms in total. The number of rotatable bonds is 1. The average Bonchev–Trinajstić information content (AvgIpc) is 2.92. The summed E-state index contributed by atoms with van der Waals surface area (Å²) in [6.07, 6.45) is -4.67. The van der Waals surface area contributed by atoms with Crippen LogP contribution in [0.15, 0.2) is 22.7 Å². The van der Waals surface area contributed by atoms with E-state index in [4.69, 9.17) is 15.2 Å². The third-order valence-electron chi connectivity index (χ3n) is 2.64. The Hall–Kier alpha value is -2.38. The average molecular weight is 272 g/mol. The SMILES string of the molecule is Nc1noc(C(F)(F)F)c1-c1ccc2c(c1)OCO2. The van der Waals surface area contributed by atoms with E-state index in [2.05, 4.69) is 9.68 Å². The highest BCUT2D eigenvalue weighted by Gasteiger charge is 2.40. The van der Waals surface area contributed by atoms with Crippen LogP contribution in [0.5, 0.6) is 11.5 Å². The fraction of sp³-hybridized carbons (Fsp3) is 0.182. The van der Waals surface area contributed by atoms with Gasteiger partial charge in [-0.2, -0.15) is 13.2 Å². The fourth-order valence-electron chi connectivity index (χ4n) is 1.83. The van der Waals surface area contributed by atoms with Gasteiger partial charge in [-0.25, -0.2) is 0 Å². The first kappa shape index (κ1) is 11.7. The Morgan fingerprint density at radius 3 is 2.63 bits per heavy atom. The second-order valence-electron chi connectivity index (χ2n) is 3.84. The standard InChI is InChI=1S/C11H7F3N2O3/c12-11(13,14)9-8(10(15)16-19-9)5-1-2-6-7(3-5)18-4-17-6/h1-3H,4H2,(H2,15,16). The van der Waals surface area contributed by atoms with Gasteiger partial charge in [0.05, 0.1) is 5.56 Å². The lowest BCUT2D eigenvalue weighted by Crippen LogP contribution is -2.05. The number of fused-ring (bicyclic) bond motifs is 1. The van der Waals surface area contributed by atoms with E-state index < -0.39 is 11.9 Å². The highest BCUT2D eigenvalue weighted by atomic mass is 19.4. The van der Waals surface area contributed by atoms with Crippen LogP contribution in [0.4, 0.5) is 19.0 Å². The summed E-state index contributed by atoms with van der Waals surface area (Å²) in [7, 11) is 0. The van der Waals surface area contributed by atoms with E-state index in [1.165, 1.54) is 18.2 Å². The van der Waals surface area contributed by atoms with Crippen LogP contribution in [0, 0.1) is 0 Å². The van der Waals surface area contributed by atoms with E-state index in [1.807, 2.05) is 0 Å². The summed E-state index contributed by atoms with van der Waals surface area (Å²) in [4.78, 5) is 0. The molecule has 2 N–H and O–H groups in total. The largest absolute Gasteiger partial charge is 0.454 e. The summed E-state index contributed by atoms with van der Waals surface area (Å²) < 4.78 is 52.8. The van der Waals surface area contributed by atoms with E-state index in [0.717, 1.165) is 0 Å². The lowest BCUT2D eigenvalue weighted by atomic mass is 10.0. The molecule has 1 aromatic heterocycles. The molecule has 2 aromatic rings. The fourth-order valence-corrected chi connectivity index (χ4v) is 1.83. The minimum atomic E-state index is -4.67. The van der Waals surface area contributed by atoms with Crippen molar-refractivity contribution in [3.63, 3.8) is 0 Å². The van der Waals surface area contributed by atoms with Crippen LogP contribution < -0.4 is 15.2 Å². The minimum Gasteiger partial charge on any atom is -0.454 e. The van der Waals surface area contributed by atoms with Gasteiger partial charge in [0, 0.05) is 0 Å². The Balaban J connectivity index is 2.15. The van der Waals surface area contributed by atoms with Crippen LogP contribution in [0.2, 0.25) is 0 Å². The van der Waals surface area contributed by atoms with Crippen molar-refractivity contribution in [2.75, 3.05) is 12.5 Å². The van der Waals surface area contributed by atoms with Crippen molar-refractivity contribution in [2.24, 2.45) is 0 Å². The molecule has 0 aliphatic carbocycles. The molecule has 19 heavy (non-hydrogen) atoms. The zero-order valence-corrected chi connectivity index (χ0v) is 9.32. The maximum absolute atomic E-state index is 12.8. The predicted octanol–water partition coefficient (Wildman–Crippen LogP) is 2.67. The van der Waals surface area contributed by atoms with Gasteiger partial charge in [-0.05, 0) is 17.7 Å². The Bertz CT molecular complexity index is 637. The van der Waals surface area contributed by atoms with Gasteiger partial charge < -0.3 is 19.7 Å². The maximum Gasteiger partial charge on any atom is 0.453 e. The van der Waals surface area contributed by atoms with Crippen molar-refractivity contribution in [3.05, 3.63) is 24.0 Å². The molecule has 0 saturated heterocycles. The zero-order chi connectivity index (χ0) is 13.6. The van der Waals surface area contributed by atoms with Gasteiger partial charge in [0.25, 0.3) is 0 Å². The highest BCUT2D eigenvalue weighted by molar-refractivity contribution is 5.77. The van der Waals surface area contributed by atoms with Crippen molar-refractivity contribution in [1.82, 2.24) is 5.16 Å². The topological polar surface area (TPSA) is 70.5 Å². The molecule has 0 unspecified atom stereocenters. The first-order chi connectivity index (χ1) is 8.97. The molecule has 8 heteroatoms. The monoisotopic (exact) mass is 272 g/mol. The van der Waals surface area contributed by atoms with Gasteiger partial charge >= 0.3 is 6.18 Å². The molecule has 1 aliphatic heterocycles. The van der Waals surface area contributed by atoms with Crippen LogP contribution in [0.25, 0.3) is 11.1 Å². The highest BCUT2D eigenvalue weighted by Crippen LogP contribution is 2.43. The molecule has 2 heterocycles. The molecule has 1 aliphatic rings. The summed E-state index contributed by atoms with van der Waals surface area (Å²) in [5, 5.41) is 3.16. The lowest BCUT2D eigenvalue weighted by Gasteiger charge is -2.06. The van der Waals surface area contributed by atoms with Gasteiger partial charge in [0.15, 0.2) is 17.3 Å². The zero-order valence-electron chi connectivity index (χ0n) is 9.32. The van der Waals surface area contributed by atoms with Gasteiger partial charge in [-0.1, -0.05) is 11.2 Å². The van der Waals surface area contributed by atoms with E-state index in [9.17, 15) is 13.2 Å². The Morgan fingerprint density at radius 2 is 1.89 bits per heavy atom. The Labute approximate surface area is 104 Å². The molecule has 0 spiro atoms. The Morgan fingerprint density at radius 1 is 1.16 bits per heavy atom. The molecule has 3 rings (SSSR count).